The third-order valence-electron chi connectivity index (χ3n) is 5.56. The number of rotatable bonds is 7. The summed E-state index contributed by atoms with van der Waals surface area (Å²) >= 11 is 0. The fourth-order valence-electron chi connectivity index (χ4n) is 3.92. The Hall–Kier alpha value is -3.81. The third-order valence-corrected chi connectivity index (χ3v) is 5.56. The molecule has 0 aromatic heterocycles. The lowest BCUT2D eigenvalue weighted by Gasteiger charge is -2.18. The van der Waals surface area contributed by atoms with E-state index in [0.717, 1.165) is 29.8 Å². The van der Waals surface area contributed by atoms with Crippen LogP contribution in [-0.2, 0) is 17.6 Å². The standard InChI is InChI=1S/C25H20F3NO4/c26-25(27,28)17-8-6-16(7-9-17)24(32)23-20(13-22(30)31)19-12-18(10-11-21(19)29-23)33-14-15-4-2-1-3-5-15/h1-12,20,23,29H,13-14H2,(H,30,31). The average molecular weight is 455 g/mol. The minimum atomic E-state index is -4.51. The summed E-state index contributed by atoms with van der Waals surface area (Å²) in [6, 6.07) is 17.7. The average Bonchev–Trinajstić information content (AvgIpc) is 3.14. The van der Waals surface area contributed by atoms with Gasteiger partial charge in [0.05, 0.1) is 18.0 Å². The van der Waals surface area contributed by atoms with Crippen LogP contribution in [0, 0.1) is 0 Å². The van der Waals surface area contributed by atoms with Crippen molar-refractivity contribution >= 4 is 17.4 Å². The van der Waals surface area contributed by atoms with Crippen LogP contribution in [0.5, 0.6) is 5.75 Å². The molecule has 0 saturated heterocycles. The fourth-order valence-corrected chi connectivity index (χ4v) is 3.92. The number of aliphatic carboxylic acids is 1. The Morgan fingerprint density at radius 2 is 1.67 bits per heavy atom. The van der Waals surface area contributed by atoms with Gasteiger partial charge in [-0.2, -0.15) is 13.2 Å². The summed E-state index contributed by atoms with van der Waals surface area (Å²) in [5.41, 5.74) is 1.40. The molecular weight excluding hydrogens is 435 g/mol. The van der Waals surface area contributed by atoms with Gasteiger partial charge < -0.3 is 15.2 Å². The van der Waals surface area contributed by atoms with Crippen molar-refractivity contribution < 1.29 is 32.6 Å². The zero-order valence-electron chi connectivity index (χ0n) is 17.3. The van der Waals surface area contributed by atoms with Gasteiger partial charge in [0.25, 0.3) is 0 Å². The number of hydrogen-bond donors (Lipinski definition) is 2. The maximum atomic E-state index is 13.1. The molecule has 0 saturated carbocycles. The third kappa shape index (κ3) is 5.00. The molecule has 5 nitrogen and oxygen atoms in total. The molecule has 2 unspecified atom stereocenters. The van der Waals surface area contributed by atoms with E-state index in [1.54, 1.807) is 18.2 Å². The van der Waals surface area contributed by atoms with E-state index in [1.165, 1.54) is 0 Å². The predicted molar refractivity (Wildman–Crippen MR) is 115 cm³/mol. The number of benzene rings is 3. The monoisotopic (exact) mass is 455 g/mol. The van der Waals surface area contributed by atoms with Gasteiger partial charge >= 0.3 is 12.1 Å². The SMILES string of the molecule is O=C(O)CC1c2cc(OCc3ccccc3)ccc2NC1C(=O)c1ccc(C(F)(F)F)cc1. The summed E-state index contributed by atoms with van der Waals surface area (Å²) in [5.74, 6) is -1.74. The first-order valence-electron chi connectivity index (χ1n) is 10.2. The molecule has 8 heteroatoms. The van der Waals surface area contributed by atoms with Crippen LogP contribution in [0.1, 0.15) is 39.4 Å². The summed E-state index contributed by atoms with van der Waals surface area (Å²) in [4.78, 5) is 24.6. The number of carboxylic acid groups (broad SMARTS) is 1. The van der Waals surface area contributed by atoms with Gasteiger partial charge in [-0.25, -0.2) is 0 Å². The van der Waals surface area contributed by atoms with Crippen LogP contribution < -0.4 is 10.1 Å². The van der Waals surface area contributed by atoms with Crippen LogP contribution in [0.2, 0.25) is 0 Å². The molecule has 170 valence electrons. The molecule has 0 amide bonds. The molecule has 0 fully saturated rings. The van der Waals surface area contributed by atoms with Crippen LogP contribution in [0.25, 0.3) is 0 Å². The lowest BCUT2D eigenvalue weighted by atomic mass is 9.87. The van der Waals surface area contributed by atoms with E-state index in [2.05, 4.69) is 5.32 Å². The Morgan fingerprint density at radius 3 is 2.30 bits per heavy atom. The number of carboxylic acids is 1. The maximum Gasteiger partial charge on any atom is 0.416 e. The van der Waals surface area contributed by atoms with E-state index in [1.807, 2.05) is 30.3 Å². The van der Waals surface area contributed by atoms with E-state index >= 15 is 0 Å². The summed E-state index contributed by atoms with van der Waals surface area (Å²) in [6.07, 6.45) is -4.83. The number of Topliss-reactive ketones (excluding diaryl/α,β-unsaturated/α-hetero) is 1. The van der Waals surface area contributed by atoms with Crippen molar-refractivity contribution in [1.82, 2.24) is 0 Å². The minimum Gasteiger partial charge on any atom is -0.489 e. The number of halogens is 3. The van der Waals surface area contributed by atoms with Crippen molar-refractivity contribution in [1.29, 1.82) is 0 Å². The van der Waals surface area contributed by atoms with Gasteiger partial charge in [0.2, 0.25) is 0 Å². The number of hydrogen-bond acceptors (Lipinski definition) is 4. The Morgan fingerprint density at radius 1 is 0.970 bits per heavy atom. The number of carbonyl (C=O) groups is 2. The highest BCUT2D eigenvalue weighted by atomic mass is 19.4. The van der Waals surface area contributed by atoms with Gasteiger partial charge in [0, 0.05) is 17.2 Å². The quantitative estimate of drug-likeness (QED) is 0.459. The van der Waals surface area contributed by atoms with Crippen molar-refractivity contribution in [2.45, 2.75) is 31.2 Å². The topological polar surface area (TPSA) is 75.6 Å². The number of anilines is 1. The van der Waals surface area contributed by atoms with Gasteiger partial charge in [0.15, 0.2) is 5.78 Å². The minimum absolute atomic E-state index is 0.0734. The smallest absolute Gasteiger partial charge is 0.416 e. The lowest BCUT2D eigenvalue weighted by molar-refractivity contribution is -0.138. The second-order valence-corrected chi connectivity index (χ2v) is 7.79. The molecule has 1 aliphatic heterocycles. The zero-order valence-corrected chi connectivity index (χ0v) is 17.3. The zero-order chi connectivity index (χ0) is 23.6. The number of nitrogens with one attached hydrogen (secondary N) is 1. The number of carbonyl (C=O) groups excluding carboxylic acids is 1. The van der Waals surface area contributed by atoms with E-state index in [4.69, 9.17) is 4.74 Å². The van der Waals surface area contributed by atoms with E-state index < -0.39 is 35.5 Å². The highest BCUT2D eigenvalue weighted by Crippen LogP contribution is 2.41. The number of alkyl halides is 3. The van der Waals surface area contributed by atoms with Crippen LogP contribution in [0.3, 0.4) is 0 Å². The molecule has 0 bridgehead atoms. The normalized spacial score (nSPS) is 17.2. The lowest BCUT2D eigenvalue weighted by Crippen LogP contribution is -2.32. The summed E-state index contributed by atoms with van der Waals surface area (Å²) in [6.45, 7) is 0.324. The van der Waals surface area contributed by atoms with Gasteiger partial charge in [-0.15, -0.1) is 0 Å². The van der Waals surface area contributed by atoms with Gasteiger partial charge in [-0.1, -0.05) is 42.5 Å². The second kappa shape index (κ2) is 8.97. The summed E-state index contributed by atoms with van der Waals surface area (Å²) in [7, 11) is 0. The first-order valence-corrected chi connectivity index (χ1v) is 10.2. The molecule has 3 aromatic carbocycles. The molecule has 0 aliphatic carbocycles. The van der Waals surface area contributed by atoms with Crippen LogP contribution in [0.4, 0.5) is 18.9 Å². The van der Waals surface area contributed by atoms with E-state index in [0.29, 0.717) is 23.6 Å². The van der Waals surface area contributed by atoms with Crippen LogP contribution >= 0.6 is 0 Å². The largest absolute Gasteiger partial charge is 0.489 e. The first-order chi connectivity index (χ1) is 15.7. The molecule has 4 rings (SSSR count). The molecule has 0 spiro atoms. The summed E-state index contributed by atoms with van der Waals surface area (Å²) < 4.78 is 44.4. The van der Waals surface area contributed by atoms with Crippen molar-refractivity contribution in [3.8, 4) is 5.75 Å². The van der Waals surface area contributed by atoms with Crippen LogP contribution in [-0.4, -0.2) is 22.9 Å². The molecular formula is C25H20F3NO4. The summed E-state index contributed by atoms with van der Waals surface area (Å²) in [5, 5.41) is 12.5. The molecule has 3 aromatic rings. The van der Waals surface area contributed by atoms with Crippen molar-refractivity contribution in [3.63, 3.8) is 0 Å². The molecule has 0 radical (unpaired) electrons. The second-order valence-electron chi connectivity index (χ2n) is 7.79. The first kappa shape index (κ1) is 22.4. The molecule has 1 heterocycles. The number of ether oxygens (including phenoxy) is 1. The number of ketones is 1. The highest BCUT2D eigenvalue weighted by molar-refractivity contribution is 6.04. The Labute approximate surface area is 187 Å². The van der Waals surface area contributed by atoms with Crippen molar-refractivity contribution in [3.05, 3.63) is 95.1 Å². The van der Waals surface area contributed by atoms with Crippen molar-refractivity contribution in [2.75, 3.05) is 5.32 Å². The Balaban J connectivity index is 1.57. The van der Waals surface area contributed by atoms with Crippen LogP contribution in [0.15, 0.2) is 72.8 Å². The fraction of sp³-hybridized carbons (Fsp3) is 0.200. The molecule has 2 N–H and O–H groups in total. The number of fused-ring (bicyclic) bond motifs is 1. The van der Waals surface area contributed by atoms with E-state index in [9.17, 15) is 27.9 Å². The maximum absolute atomic E-state index is 13.1. The van der Waals surface area contributed by atoms with E-state index in [-0.39, 0.29) is 12.0 Å². The Kier molecular flexibility index (Phi) is 6.09. The van der Waals surface area contributed by atoms with Gasteiger partial charge in [-0.3, -0.25) is 9.59 Å². The van der Waals surface area contributed by atoms with Gasteiger partial charge in [-0.05, 0) is 41.5 Å². The van der Waals surface area contributed by atoms with Gasteiger partial charge in [0.1, 0.15) is 12.4 Å². The molecule has 2 atom stereocenters. The molecule has 33 heavy (non-hydrogen) atoms. The highest BCUT2D eigenvalue weighted by Gasteiger charge is 2.39. The predicted octanol–water partition coefficient (Wildman–Crippen LogP) is 5.52. The molecule has 1 aliphatic rings. The Bertz CT molecular complexity index is 1160. The van der Waals surface area contributed by atoms with Crippen molar-refractivity contribution in [2.24, 2.45) is 0 Å².